The first-order chi connectivity index (χ1) is 6.74. The molecule has 0 heterocycles. The SMILES string of the molecule is NC1(c2cccc(CCCO)c2)CC1. The molecule has 0 saturated heterocycles. The molecule has 1 fully saturated rings. The van der Waals surface area contributed by atoms with Gasteiger partial charge < -0.3 is 10.8 Å². The van der Waals surface area contributed by atoms with E-state index in [0.29, 0.717) is 0 Å². The van der Waals surface area contributed by atoms with Crippen molar-refractivity contribution in [3.05, 3.63) is 35.4 Å². The van der Waals surface area contributed by atoms with Gasteiger partial charge in [-0.3, -0.25) is 0 Å². The lowest BCUT2D eigenvalue weighted by Crippen LogP contribution is -2.18. The first kappa shape index (κ1) is 9.69. The molecule has 0 spiro atoms. The summed E-state index contributed by atoms with van der Waals surface area (Å²) in [7, 11) is 0. The number of hydrogen-bond donors (Lipinski definition) is 2. The average molecular weight is 191 g/mol. The van der Waals surface area contributed by atoms with Crippen LogP contribution >= 0.6 is 0 Å². The normalized spacial score (nSPS) is 18.1. The number of nitrogens with two attached hydrogens (primary N) is 1. The van der Waals surface area contributed by atoms with Crippen molar-refractivity contribution in [2.45, 2.75) is 31.2 Å². The highest BCUT2D eigenvalue weighted by Gasteiger charge is 2.39. The molecule has 76 valence electrons. The molecule has 1 aromatic carbocycles. The molecule has 0 unspecified atom stereocenters. The first-order valence-corrected chi connectivity index (χ1v) is 5.24. The van der Waals surface area contributed by atoms with Crippen molar-refractivity contribution in [2.75, 3.05) is 6.61 Å². The molecule has 1 aromatic rings. The van der Waals surface area contributed by atoms with E-state index in [1.54, 1.807) is 0 Å². The molecule has 0 atom stereocenters. The summed E-state index contributed by atoms with van der Waals surface area (Å²) in [6.07, 6.45) is 3.99. The maximum atomic E-state index is 8.74. The van der Waals surface area contributed by atoms with Crippen LogP contribution < -0.4 is 5.73 Å². The highest BCUT2D eigenvalue weighted by molar-refractivity contribution is 5.33. The number of hydrogen-bond acceptors (Lipinski definition) is 2. The Morgan fingerprint density at radius 2 is 2.14 bits per heavy atom. The van der Waals surface area contributed by atoms with Crippen molar-refractivity contribution in [1.29, 1.82) is 0 Å². The third-order valence-corrected chi connectivity index (χ3v) is 2.91. The van der Waals surface area contributed by atoms with Crippen LogP contribution in [0.2, 0.25) is 0 Å². The molecule has 3 N–H and O–H groups in total. The summed E-state index contributed by atoms with van der Waals surface area (Å²) in [6.45, 7) is 0.262. The zero-order valence-electron chi connectivity index (χ0n) is 8.37. The van der Waals surface area contributed by atoms with E-state index in [0.717, 1.165) is 25.7 Å². The van der Waals surface area contributed by atoms with Gasteiger partial charge in [-0.25, -0.2) is 0 Å². The Bertz CT molecular complexity index is 318. The minimum atomic E-state index is -0.0325. The summed E-state index contributed by atoms with van der Waals surface area (Å²) >= 11 is 0. The number of rotatable bonds is 4. The van der Waals surface area contributed by atoms with Gasteiger partial charge in [-0.1, -0.05) is 24.3 Å². The molecule has 0 radical (unpaired) electrons. The van der Waals surface area contributed by atoms with Gasteiger partial charge in [0.05, 0.1) is 0 Å². The number of aliphatic hydroxyl groups is 1. The zero-order chi connectivity index (χ0) is 10.0. The summed E-state index contributed by atoms with van der Waals surface area (Å²) in [6, 6.07) is 8.46. The van der Waals surface area contributed by atoms with E-state index in [1.807, 2.05) is 0 Å². The molecule has 2 nitrogen and oxygen atoms in total. The molecule has 0 aromatic heterocycles. The third kappa shape index (κ3) is 1.97. The van der Waals surface area contributed by atoms with Crippen molar-refractivity contribution < 1.29 is 5.11 Å². The van der Waals surface area contributed by atoms with Crippen molar-refractivity contribution >= 4 is 0 Å². The molecule has 0 aliphatic heterocycles. The molecule has 2 heteroatoms. The van der Waals surface area contributed by atoms with Crippen LogP contribution in [0.5, 0.6) is 0 Å². The van der Waals surface area contributed by atoms with Crippen molar-refractivity contribution in [1.82, 2.24) is 0 Å². The molecular weight excluding hydrogens is 174 g/mol. The van der Waals surface area contributed by atoms with Crippen LogP contribution in [0, 0.1) is 0 Å². The lowest BCUT2D eigenvalue weighted by Gasteiger charge is -2.10. The topological polar surface area (TPSA) is 46.2 Å². The van der Waals surface area contributed by atoms with Crippen molar-refractivity contribution in [3.8, 4) is 0 Å². The molecule has 1 aliphatic rings. The van der Waals surface area contributed by atoms with Crippen LogP contribution in [-0.2, 0) is 12.0 Å². The fraction of sp³-hybridized carbons (Fsp3) is 0.500. The minimum absolute atomic E-state index is 0.0325. The Morgan fingerprint density at radius 3 is 2.79 bits per heavy atom. The molecule has 0 amide bonds. The molecule has 1 aliphatic carbocycles. The summed E-state index contributed by atoms with van der Waals surface area (Å²) in [5.41, 5.74) is 8.63. The first-order valence-electron chi connectivity index (χ1n) is 5.24. The predicted molar refractivity (Wildman–Crippen MR) is 56.9 cm³/mol. The smallest absolute Gasteiger partial charge is 0.0434 e. The largest absolute Gasteiger partial charge is 0.396 e. The van der Waals surface area contributed by atoms with Gasteiger partial charge in [0.15, 0.2) is 0 Å². The van der Waals surface area contributed by atoms with E-state index in [1.165, 1.54) is 11.1 Å². The summed E-state index contributed by atoms with van der Waals surface area (Å²) in [5, 5.41) is 8.74. The van der Waals surface area contributed by atoms with Crippen molar-refractivity contribution in [2.24, 2.45) is 5.73 Å². The molecule has 1 saturated carbocycles. The second-order valence-corrected chi connectivity index (χ2v) is 4.18. The highest BCUT2D eigenvalue weighted by atomic mass is 16.2. The fourth-order valence-corrected chi connectivity index (χ4v) is 1.74. The van der Waals surface area contributed by atoms with Gasteiger partial charge in [-0.15, -0.1) is 0 Å². The van der Waals surface area contributed by atoms with E-state index >= 15 is 0 Å². The van der Waals surface area contributed by atoms with Crippen LogP contribution in [0.25, 0.3) is 0 Å². The van der Waals surface area contributed by atoms with Gasteiger partial charge in [0.1, 0.15) is 0 Å². The van der Waals surface area contributed by atoms with Crippen LogP contribution in [0.4, 0.5) is 0 Å². The zero-order valence-corrected chi connectivity index (χ0v) is 8.37. The lowest BCUT2D eigenvalue weighted by atomic mass is 10.0. The van der Waals surface area contributed by atoms with Crippen LogP contribution in [0.1, 0.15) is 30.4 Å². The van der Waals surface area contributed by atoms with Gasteiger partial charge >= 0.3 is 0 Å². The second-order valence-electron chi connectivity index (χ2n) is 4.18. The third-order valence-electron chi connectivity index (χ3n) is 2.91. The second kappa shape index (κ2) is 3.71. The number of aryl methyl sites for hydroxylation is 1. The molecule has 2 rings (SSSR count). The highest BCUT2D eigenvalue weighted by Crippen LogP contribution is 2.42. The Hall–Kier alpha value is -0.860. The average Bonchev–Trinajstić information content (AvgIpc) is 2.95. The lowest BCUT2D eigenvalue weighted by molar-refractivity contribution is 0.288. The summed E-state index contributed by atoms with van der Waals surface area (Å²) in [4.78, 5) is 0. The van der Waals surface area contributed by atoms with E-state index < -0.39 is 0 Å². The van der Waals surface area contributed by atoms with E-state index in [4.69, 9.17) is 10.8 Å². The monoisotopic (exact) mass is 191 g/mol. The van der Waals surface area contributed by atoms with Gasteiger partial charge in [-0.2, -0.15) is 0 Å². The Labute approximate surface area is 84.7 Å². The molecule has 14 heavy (non-hydrogen) atoms. The van der Waals surface area contributed by atoms with Crippen LogP contribution in [0.15, 0.2) is 24.3 Å². The Balaban J connectivity index is 2.11. The predicted octanol–water partition coefficient (Wildman–Crippen LogP) is 1.56. The number of aliphatic hydroxyl groups excluding tert-OH is 1. The van der Waals surface area contributed by atoms with Crippen molar-refractivity contribution in [3.63, 3.8) is 0 Å². The maximum Gasteiger partial charge on any atom is 0.0434 e. The summed E-state index contributed by atoms with van der Waals surface area (Å²) < 4.78 is 0. The number of benzene rings is 1. The Morgan fingerprint density at radius 1 is 1.36 bits per heavy atom. The van der Waals surface area contributed by atoms with Crippen LogP contribution in [-0.4, -0.2) is 11.7 Å². The van der Waals surface area contributed by atoms with Gasteiger partial charge in [-0.05, 0) is 36.8 Å². The summed E-state index contributed by atoms with van der Waals surface area (Å²) in [5.74, 6) is 0. The standard InChI is InChI=1S/C12H17NO/c13-12(6-7-12)11-5-1-3-10(9-11)4-2-8-14/h1,3,5,9,14H,2,4,6-8,13H2. The Kier molecular flexibility index (Phi) is 2.57. The maximum absolute atomic E-state index is 8.74. The van der Waals surface area contributed by atoms with E-state index in [2.05, 4.69) is 24.3 Å². The van der Waals surface area contributed by atoms with Gasteiger partial charge in [0.2, 0.25) is 0 Å². The molecular formula is C12H17NO. The fourth-order valence-electron chi connectivity index (χ4n) is 1.74. The van der Waals surface area contributed by atoms with Crippen LogP contribution in [0.3, 0.4) is 0 Å². The van der Waals surface area contributed by atoms with E-state index in [9.17, 15) is 0 Å². The van der Waals surface area contributed by atoms with Gasteiger partial charge in [0.25, 0.3) is 0 Å². The minimum Gasteiger partial charge on any atom is -0.396 e. The van der Waals surface area contributed by atoms with E-state index in [-0.39, 0.29) is 12.1 Å². The quantitative estimate of drug-likeness (QED) is 0.758. The van der Waals surface area contributed by atoms with Gasteiger partial charge in [0, 0.05) is 12.1 Å². The molecule has 0 bridgehead atoms.